The second-order valence-corrected chi connectivity index (χ2v) is 6.86. The van der Waals surface area contributed by atoms with E-state index in [9.17, 15) is 19.8 Å². The number of furan rings is 1. The van der Waals surface area contributed by atoms with Crippen LogP contribution in [0.4, 0.5) is 0 Å². The molecule has 0 unspecified atom stereocenters. The van der Waals surface area contributed by atoms with Gasteiger partial charge in [0.2, 0.25) is 0 Å². The van der Waals surface area contributed by atoms with Gasteiger partial charge in [-0.1, -0.05) is 0 Å². The lowest BCUT2D eigenvalue weighted by Gasteiger charge is -2.06. The zero-order valence-electron chi connectivity index (χ0n) is 17.7. The summed E-state index contributed by atoms with van der Waals surface area (Å²) in [5.41, 5.74) is 1.77. The minimum Gasteiger partial charge on any atom is -0.508 e. The summed E-state index contributed by atoms with van der Waals surface area (Å²) in [4.78, 5) is 23.8. The largest absolute Gasteiger partial charge is 0.508 e. The molecule has 0 saturated heterocycles. The Morgan fingerprint density at radius 1 is 0.969 bits per heavy atom. The molecule has 4 aromatic rings. The van der Waals surface area contributed by atoms with Crippen LogP contribution < -0.4 is 10.1 Å². The highest BCUT2D eigenvalue weighted by molar-refractivity contribution is 6.19. The van der Waals surface area contributed by atoms with Gasteiger partial charge in [0, 0.05) is 22.6 Å². The Hall–Kier alpha value is -4.10. The number of carbonyl (C=O) groups is 2. The second kappa shape index (κ2) is 10.3. The van der Waals surface area contributed by atoms with Crippen molar-refractivity contribution < 1.29 is 29.0 Å². The molecule has 0 radical (unpaired) electrons. The maximum Gasteiger partial charge on any atom is 0.197 e. The van der Waals surface area contributed by atoms with Gasteiger partial charge in [-0.3, -0.25) is 9.59 Å². The van der Waals surface area contributed by atoms with E-state index < -0.39 is 0 Å². The molecule has 1 aromatic heterocycles. The highest BCUT2D eigenvalue weighted by Crippen LogP contribution is 2.37. The van der Waals surface area contributed by atoms with Gasteiger partial charge in [0.1, 0.15) is 35.2 Å². The van der Waals surface area contributed by atoms with Crippen molar-refractivity contribution in [2.24, 2.45) is 0 Å². The zero-order chi connectivity index (χ0) is 23.1. The molecular formula is C25H23NO6. The summed E-state index contributed by atoms with van der Waals surface area (Å²) < 4.78 is 11.1. The smallest absolute Gasteiger partial charge is 0.197 e. The average molecular weight is 433 g/mol. The molecule has 0 amide bonds. The number of nitrogens with one attached hydrogen (secondary N) is 1. The Labute approximate surface area is 184 Å². The van der Waals surface area contributed by atoms with Crippen molar-refractivity contribution in [1.82, 2.24) is 5.32 Å². The van der Waals surface area contributed by atoms with Crippen LogP contribution in [-0.2, 0) is 4.79 Å². The van der Waals surface area contributed by atoms with Gasteiger partial charge in [-0.15, -0.1) is 0 Å². The van der Waals surface area contributed by atoms with Gasteiger partial charge in [-0.25, -0.2) is 0 Å². The van der Waals surface area contributed by atoms with Crippen LogP contribution in [0.15, 0.2) is 71.1 Å². The van der Waals surface area contributed by atoms with Gasteiger partial charge in [0.25, 0.3) is 0 Å². The molecule has 0 spiro atoms. The van der Waals surface area contributed by atoms with E-state index in [0.717, 1.165) is 0 Å². The van der Waals surface area contributed by atoms with Crippen molar-refractivity contribution in [1.29, 1.82) is 0 Å². The summed E-state index contributed by atoms with van der Waals surface area (Å²) in [6.45, 7) is -0.0614. The number of ketones is 1. The Kier molecular flexibility index (Phi) is 7.25. The Morgan fingerprint density at radius 2 is 1.59 bits per heavy atom. The molecule has 7 nitrogen and oxygen atoms in total. The van der Waals surface area contributed by atoms with Crippen molar-refractivity contribution >= 4 is 23.0 Å². The number of hydrogen-bond donors (Lipinski definition) is 3. The van der Waals surface area contributed by atoms with Crippen LogP contribution in [0.2, 0.25) is 0 Å². The first-order chi connectivity index (χ1) is 15.5. The number of hydrogen-bond acceptors (Lipinski definition) is 7. The molecular weight excluding hydrogens is 410 g/mol. The molecule has 0 atom stereocenters. The van der Waals surface area contributed by atoms with Crippen molar-refractivity contribution in [2.45, 2.75) is 0 Å². The number of phenols is 2. The van der Waals surface area contributed by atoms with E-state index in [2.05, 4.69) is 5.32 Å². The number of phenolic OH excluding ortho intramolecular Hbond substituents is 2. The molecule has 0 aliphatic rings. The second-order valence-electron chi connectivity index (χ2n) is 6.86. The van der Waals surface area contributed by atoms with Crippen LogP contribution in [-0.4, -0.2) is 43.0 Å². The molecule has 0 aliphatic heterocycles. The number of aromatic hydroxyl groups is 2. The number of fused-ring (bicyclic) bond motifs is 1. The topological polar surface area (TPSA) is 109 Å². The van der Waals surface area contributed by atoms with Gasteiger partial charge in [-0.2, -0.15) is 0 Å². The van der Waals surface area contributed by atoms with E-state index in [1.807, 2.05) is 14.1 Å². The lowest BCUT2D eigenvalue weighted by Crippen LogP contribution is -2.03. The Bertz CT molecular complexity index is 1210. The molecule has 3 aromatic carbocycles. The van der Waals surface area contributed by atoms with Crippen LogP contribution in [0, 0.1) is 0 Å². The number of aldehydes is 1. The monoisotopic (exact) mass is 433 g/mol. The zero-order valence-corrected chi connectivity index (χ0v) is 17.7. The molecule has 1 heterocycles. The Balaban J connectivity index is 0.000000913. The standard InChI is InChI=1S/C23H16O6.C2H7N/c24-11-12-28-18-8-3-14(4-9-18)22(27)21-19-10-7-17(26)13-20(19)29-23(21)15-1-5-16(25)6-2-15;1-3-2/h1-11,13,25-26H,12H2;3H,1-2H3. The van der Waals surface area contributed by atoms with Gasteiger partial charge in [-0.05, 0) is 74.8 Å². The molecule has 164 valence electrons. The van der Waals surface area contributed by atoms with Gasteiger partial charge in [0.05, 0.1) is 5.56 Å². The first-order valence-electron chi connectivity index (χ1n) is 9.83. The van der Waals surface area contributed by atoms with Gasteiger partial charge < -0.3 is 24.7 Å². The van der Waals surface area contributed by atoms with Crippen LogP contribution in [0.5, 0.6) is 17.2 Å². The maximum atomic E-state index is 13.3. The molecule has 0 fully saturated rings. The first kappa shape index (κ1) is 22.6. The number of ether oxygens (including phenoxy) is 1. The quantitative estimate of drug-likeness (QED) is 0.309. The molecule has 4 rings (SSSR count). The minimum atomic E-state index is -0.264. The lowest BCUT2D eigenvalue weighted by molar-refractivity contribution is -0.109. The molecule has 0 aliphatic carbocycles. The van der Waals surface area contributed by atoms with Crippen molar-refractivity contribution in [3.63, 3.8) is 0 Å². The summed E-state index contributed by atoms with van der Waals surface area (Å²) in [7, 11) is 3.75. The number of rotatable bonds is 6. The number of carbonyl (C=O) groups excluding carboxylic acids is 2. The fourth-order valence-corrected chi connectivity index (χ4v) is 3.10. The van der Waals surface area contributed by atoms with Crippen LogP contribution in [0.1, 0.15) is 15.9 Å². The van der Waals surface area contributed by atoms with Crippen LogP contribution in [0.25, 0.3) is 22.3 Å². The van der Waals surface area contributed by atoms with E-state index in [4.69, 9.17) is 9.15 Å². The fourth-order valence-electron chi connectivity index (χ4n) is 3.10. The maximum absolute atomic E-state index is 13.3. The third-order valence-corrected chi connectivity index (χ3v) is 4.46. The molecule has 0 bridgehead atoms. The molecule has 3 N–H and O–H groups in total. The van der Waals surface area contributed by atoms with Gasteiger partial charge in [0.15, 0.2) is 12.1 Å². The van der Waals surface area contributed by atoms with Crippen LogP contribution in [0.3, 0.4) is 0 Å². The highest BCUT2D eigenvalue weighted by Gasteiger charge is 2.23. The normalized spacial score (nSPS) is 10.3. The summed E-state index contributed by atoms with van der Waals surface area (Å²) in [6.07, 6.45) is 0.649. The van der Waals surface area contributed by atoms with E-state index >= 15 is 0 Å². The van der Waals surface area contributed by atoms with E-state index in [1.165, 1.54) is 24.3 Å². The molecule has 0 saturated carbocycles. The average Bonchev–Trinajstić information content (AvgIpc) is 3.17. The van der Waals surface area contributed by atoms with E-state index in [1.54, 1.807) is 42.5 Å². The molecule has 7 heteroatoms. The Morgan fingerprint density at radius 3 is 2.22 bits per heavy atom. The van der Waals surface area contributed by atoms with Crippen molar-refractivity contribution in [3.8, 4) is 28.6 Å². The van der Waals surface area contributed by atoms with E-state index in [0.29, 0.717) is 45.5 Å². The van der Waals surface area contributed by atoms with Gasteiger partial charge >= 0.3 is 0 Å². The predicted octanol–water partition coefficient (Wildman–Crippen LogP) is 4.16. The first-order valence-corrected chi connectivity index (χ1v) is 9.83. The highest BCUT2D eigenvalue weighted by atomic mass is 16.5. The lowest BCUT2D eigenvalue weighted by atomic mass is 9.97. The summed E-state index contributed by atoms with van der Waals surface area (Å²) in [6, 6.07) is 17.4. The van der Waals surface area contributed by atoms with Crippen LogP contribution >= 0.6 is 0 Å². The fraction of sp³-hybridized carbons (Fsp3) is 0.120. The summed E-state index contributed by atoms with van der Waals surface area (Å²) in [5.74, 6) is 0.686. The third-order valence-electron chi connectivity index (χ3n) is 4.46. The van der Waals surface area contributed by atoms with Crippen molar-refractivity contribution in [3.05, 3.63) is 77.9 Å². The van der Waals surface area contributed by atoms with E-state index in [-0.39, 0.29) is 23.9 Å². The minimum absolute atomic E-state index is 0.0270. The summed E-state index contributed by atoms with van der Waals surface area (Å²) in [5, 5.41) is 22.7. The summed E-state index contributed by atoms with van der Waals surface area (Å²) >= 11 is 0. The predicted molar refractivity (Wildman–Crippen MR) is 121 cm³/mol. The van der Waals surface area contributed by atoms with Crippen molar-refractivity contribution in [2.75, 3.05) is 20.7 Å². The number of benzene rings is 3. The SMILES string of the molecule is CNC.O=CCOc1ccc(C(=O)c2c(-c3ccc(O)cc3)oc3cc(O)ccc23)cc1. The molecule has 32 heavy (non-hydrogen) atoms. The third kappa shape index (κ3) is 4.96.